The smallest absolute Gasteiger partial charge is 0.394 e. The van der Waals surface area contributed by atoms with Crippen LogP contribution < -0.4 is 5.32 Å². The number of rotatable bonds is 4. The molecule has 5 nitrogen and oxygen atoms in total. The van der Waals surface area contributed by atoms with E-state index in [0.29, 0.717) is 22.2 Å². The van der Waals surface area contributed by atoms with Crippen LogP contribution in [0, 0.1) is 0 Å². The van der Waals surface area contributed by atoms with Crippen LogP contribution in [0.3, 0.4) is 0 Å². The summed E-state index contributed by atoms with van der Waals surface area (Å²) in [5.41, 5.74) is 1.46. The number of hydrogen-bond acceptors (Lipinski definition) is 4. The average molecular weight is 375 g/mol. The number of nitrogens with one attached hydrogen (secondary N) is 1. The highest BCUT2D eigenvalue weighted by molar-refractivity contribution is 5.96. The van der Waals surface area contributed by atoms with E-state index in [4.69, 9.17) is 5.11 Å². The van der Waals surface area contributed by atoms with Gasteiger partial charge in [0.2, 0.25) is 0 Å². The zero-order chi connectivity index (χ0) is 19.6. The topological polar surface area (TPSA) is 75.1 Å². The van der Waals surface area contributed by atoms with Crippen molar-refractivity contribution < 1.29 is 23.1 Å². The van der Waals surface area contributed by atoms with Crippen LogP contribution in [0.1, 0.15) is 23.0 Å². The minimum atomic E-state index is -4.40. The molecule has 0 saturated heterocycles. The summed E-state index contributed by atoms with van der Waals surface area (Å²) >= 11 is 0. The Bertz CT molecular complexity index is 972. The maximum absolute atomic E-state index is 12.7. The van der Waals surface area contributed by atoms with E-state index in [9.17, 15) is 18.0 Å². The first-order valence-corrected chi connectivity index (χ1v) is 8.14. The molecular formula is C19H16F3N3O2. The number of carbonyl (C=O) groups is 1. The summed E-state index contributed by atoms with van der Waals surface area (Å²) in [5.74, 6) is -0.467. The van der Waals surface area contributed by atoms with Crippen molar-refractivity contribution in [2.24, 2.45) is 0 Å². The van der Waals surface area contributed by atoms with Gasteiger partial charge in [0.15, 0.2) is 0 Å². The average Bonchev–Trinajstić information content (AvgIpc) is 2.66. The summed E-state index contributed by atoms with van der Waals surface area (Å²) in [6.07, 6.45) is -3.10. The molecule has 3 aromatic rings. The van der Waals surface area contributed by atoms with E-state index in [-0.39, 0.29) is 12.3 Å². The predicted octanol–water partition coefficient (Wildman–Crippen LogP) is 3.43. The Morgan fingerprint density at radius 2 is 1.89 bits per heavy atom. The Labute approximate surface area is 152 Å². The van der Waals surface area contributed by atoms with Gasteiger partial charge in [0.05, 0.1) is 29.4 Å². The quantitative estimate of drug-likeness (QED) is 0.733. The van der Waals surface area contributed by atoms with E-state index in [0.717, 1.165) is 12.1 Å². The summed E-state index contributed by atoms with van der Waals surface area (Å²) in [4.78, 5) is 20.7. The van der Waals surface area contributed by atoms with Gasteiger partial charge in [-0.2, -0.15) is 13.2 Å². The number of halogens is 3. The van der Waals surface area contributed by atoms with Crippen molar-refractivity contribution in [2.45, 2.75) is 19.1 Å². The largest absolute Gasteiger partial charge is 0.416 e. The number of aromatic nitrogens is 2. The molecule has 0 fully saturated rings. The van der Waals surface area contributed by atoms with Crippen molar-refractivity contribution >= 4 is 16.9 Å². The van der Waals surface area contributed by atoms with Gasteiger partial charge in [-0.1, -0.05) is 24.3 Å². The number of aliphatic hydroxyl groups excluding tert-OH is 1. The third kappa shape index (κ3) is 4.06. The molecule has 27 heavy (non-hydrogen) atoms. The lowest BCUT2D eigenvalue weighted by Gasteiger charge is -2.11. The maximum atomic E-state index is 12.7. The Hall–Kier alpha value is -3.00. The fraction of sp³-hybridized carbons (Fsp3) is 0.211. The Kier molecular flexibility index (Phi) is 5.09. The van der Waals surface area contributed by atoms with Gasteiger partial charge >= 0.3 is 6.18 Å². The Balaban J connectivity index is 1.97. The van der Waals surface area contributed by atoms with Crippen LogP contribution in [0.4, 0.5) is 13.2 Å². The van der Waals surface area contributed by atoms with E-state index < -0.39 is 23.7 Å². The van der Waals surface area contributed by atoms with Gasteiger partial charge in [0.1, 0.15) is 5.69 Å². The number of fused-ring (bicyclic) bond motifs is 1. The fourth-order valence-corrected chi connectivity index (χ4v) is 2.57. The molecule has 1 atom stereocenters. The number of benzene rings is 2. The lowest BCUT2D eigenvalue weighted by atomic mass is 10.0. The van der Waals surface area contributed by atoms with Crippen molar-refractivity contribution in [1.82, 2.24) is 15.3 Å². The van der Waals surface area contributed by atoms with Gasteiger partial charge in [0.25, 0.3) is 5.91 Å². The number of hydrogen-bond donors (Lipinski definition) is 2. The van der Waals surface area contributed by atoms with Crippen LogP contribution in [0.5, 0.6) is 0 Å². The second-order valence-corrected chi connectivity index (χ2v) is 6.06. The van der Waals surface area contributed by atoms with Gasteiger partial charge in [-0.25, -0.2) is 4.98 Å². The van der Waals surface area contributed by atoms with Gasteiger partial charge in [-0.15, -0.1) is 0 Å². The first-order chi connectivity index (χ1) is 12.8. The lowest BCUT2D eigenvalue weighted by Crippen LogP contribution is -2.35. The van der Waals surface area contributed by atoms with E-state index >= 15 is 0 Å². The van der Waals surface area contributed by atoms with Crippen LogP contribution in [-0.2, 0) is 6.18 Å². The molecule has 3 rings (SSSR count). The zero-order valence-corrected chi connectivity index (χ0v) is 14.3. The molecule has 140 valence electrons. The zero-order valence-electron chi connectivity index (χ0n) is 14.3. The number of aliphatic hydroxyl groups is 1. The van der Waals surface area contributed by atoms with E-state index in [1.807, 2.05) is 0 Å². The van der Waals surface area contributed by atoms with Crippen molar-refractivity contribution in [3.63, 3.8) is 0 Å². The number of amides is 1. The molecule has 1 amide bonds. The van der Waals surface area contributed by atoms with Crippen LogP contribution in [0.25, 0.3) is 22.2 Å². The Morgan fingerprint density at radius 1 is 1.19 bits per heavy atom. The third-order valence-electron chi connectivity index (χ3n) is 3.98. The second kappa shape index (κ2) is 7.32. The summed E-state index contributed by atoms with van der Waals surface area (Å²) in [6.45, 7) is 1.44. The first-order valence-electron chi connectivity index (χ1n) is 8.14. The molecule has 0 radical (unpaired) electrons. The molecule has 1 aromatic heterocycles. The molecule has 0 bridgehead atoms. The highest BCUT2D eigenvalue weighted by Crippen LogP contribution is 2.32. The molecule has 2 N–H and O–H groups in total. The first kappa shape index (κ1) is 18.8. The molecule has 1 heterocycles. The van der Waals surface area contributed by atoms with E-state index in [2.05, 4.69) is 15.3 Å². The fourth-order valence-electron chi connectivity index (χ4n) is 2.57. The summed E-state index contributed by atoms with van der Waals surface area (Å²) < 4.78 is 38.2. The normalized spacial score (nSPS) is 12.8. The monoisotopic (exact) mass is 375 g/mol. The van der Waals surface area contributed by atoms with Crippen molar-refractivity contribution in [1.29, 1.82) is 0 Å². The molecule has 0 aliphatic carbocycles. The van der Waals surface area contributed by atoms with Crippen molar-refractivity contribution in [3.8, 4) is 11.1 Å². The van der Waals surface area contributed by atoms with Crippen LogP contribution >= 0.6 is 0 Å². The molecule has 2 aromatic carbocycles. The number of alkyl halides is 3. The third-order valence-corrected chi connectivity index (χ3v) is 3.98. The lowest BCUT2D eigenvalue weighted by molar-refractivity contribution is -0.137. The van der Waals surface area contributed by atoms with Gasteiger partial charge in [0, 0.05) is 11.6 Å². The molecule has 8 heteroatoms. The SMILES string of the molecule is CC(CO)NC(=O)c1cnc2c(-c3ccc(C(F)(F)F)cc3)cccc2n1. The molecule has 0 aliphatic rings. The number of para-hydroxylation sites is 1. The predicted molar refractivity (Wildman–Crippen MR) is 94.0 cm³/mol. The minimum Gasteiger partial charge on any atom is -0.394 e. The van der Waals surface area contributed by atoms with Gasteiger partial charge < -0.3 is 10.4 Å². The van der Waals surface area contributed by atoms with Crippen LogP contribution in [0.2, 0.25) is 0 Å². The van der Waals surface area contributed by atoms with Gasteiger partial charge in [-0.05, 0) is 30.7 Å². The summed E-state index contributed by atoms with van der Waals surface area (Å²) in [6, 6.07) is 9.45. The summed E-state index contributed by atoms with van der Waals surface area (Å²) in [5, 5.41) is 11.6. The van der Waals surface area contributed by atoms with Crippen molar-refractivity contribution in [3.05, 3.63) is 59.9 Å². The number of carbonyl (C=O) groups excluding carboxylic acids is 1. The van der Waals surface area contributed by atoms with E-state index in [1.54, 1.807) is 25.1 Å². The van der Waals surface area contributed by atoms with Gasteiger partial charge in [-0.3, -0.25) is 9.78 Å². The van der Waals surface area contributed by atoms with Crippen LogP contribution in [0.15, 0.2) is 48.7 Å². The number of nitrogens with zero attached hydrogens (tertiary/aromatic N) is 2. The molecule has 0 saturated carbocycles. The van der Waals surface area contributed by atoms with Crippen molar-refractivity contribution in [2.75, 3.05) is 6.61 Å². The molecular weight excluding hydrogens is 359 g/mol. The van der Waals surface area contributed by atoms with E-state index in [1.165, 1.54) is 18.3 Å². The highest BCUT2D eigenvalue weighted by Gasteiger charge is 2.30. The van der Waals surface area contributed by atoms with Crippen LogP contribution in [-0.4, -0.2) is 33.6 Å². The Morgan fingerprint density at radius 3 is 2.52 bits per heavy atom. The standard InChI is InChI=1S/C19H16F3N3O2/c1-11(10-26)24-18(27)16-9-23-17-14(3-2-4-15(17)25-16)12-5-7-13(8-6-12)19(20,21)22/h2-9,11,26H,10H2,1H3,(H,24,27). The highest BCUT2D eigenvalue weighted by atomic mass is 19.4. The maximum Gasteiger partial charge on any atom is 0.416 e. The molecule has 1 unspecified atom stereocenters. The molecule has 0 aliphatic heterocycles. The minimum absolute atomic E-state index is 0.0902. The molecule has 0 spiro atoms. The second-order valence-electron chi connectivity index (χ2n) is 6.06. The summed E-state index contributed by atoms with van der Waals surface area (Å²) in [7, 11) is 0.